The Balaban J connectivity index is 1.75. The zero-order valence-corrected chi connectivity index (χ0v) is 42.2. The normalized spacial score (nSPS) is 39.0. The Labute approximate surface area is 404 Å². The number of rotatable bonds is 7. The number of fused-ring (bicyclic) bond motifs is 3. The third-order valence-electron chi connectivity index (χ3n) is 14.9. The number of carbonyl (C=O) groups excluding carboxylic acids is 6. The molecule has 3 aliphatic heterocycles. The molecule has 0 aromatic carbocycles. The van der Waals surface area contributed by atoms with E-state index in [0.29, 0.717) is 69.8 Å². The number of carbonyl (C=O) groups is 6. The molecule has 0 unspecified atom stereocenters. The lowest BCUT2D eigenvalue weighted by Crippen LogP contribution is -2.61. The number of hydrogen-bond acceptors (Lipinski definition) is 14. The first-order chi connectivity index (χ1) is 32.1. The average molecular weight is 956 g/mol. The number of ketones is 3. The summed E-state index contributed by atoms with van der Waals surface area (Å²) in [5.41, 5.74) is 1.26. The molecule has 68 heavy (non-hydrogen) atoms. The molecule has 3 fully saturated rings. The molecule has 1 aliphatic carbocycles. The zero-order chi connectivity index (χ0) is 50.5. The summed E-state index contributed by atoms with van der Waals surface area (Å²) >= 11 is 0. The molecule has 15 nitrogen and oxygen atoms in total. The standard InChI is InChI=1S/C53H81NO14/c1-31-16-12-11-13-17-32(2)45(64-9)28-40-21-19-37(7)53(63,68-40)50(60)51(61)54-23-15-14-18-42(54)52(62)67-46(34(4)26-39-20-22-43(57)47(27-39)65-10)29-44(58)33(3)25-36(6)49(66-38(8)56)41(30-55)48(59)35(5)24-31/h11-13,16-17,25,31,33-35,37,39-43,45-47,49,55,57,63H,14-15,18-24,26-30H2,1-10H3/b13-11+,16-12+,32-17+,36-25+/t31-,33-,34-,35-,37-,39+,40+,41+,42+,43-,45+,46+,47-,49-,53-/m1/s1. The average Bonchev–Trinajstić information content (AvgIpc) is 3.30. The van der Waals surface area contributed by atoms with E-state index >= 15 is 0 Å². The highest BCUT2D eigenvalue weighted by molar-refractivity contribution is 6.39. The van der Waals surface area contributed by atoms with Crippen LogP contribution in [0.15, 0.2) is 47.6 Å². The lowest BCUT2D eigenvalue weighted by atomic mass is 9.78. The lowest BCUT2D eigenvalue weighted by molar-refractivity contribution is -0.265. The van der Waals surface area contributed by atoms with Gasteiger partial charge in [-0.2, -0.15) is 0 Å². The van der Waals surface area contributed by atoms with Crippen molar-refractivity contribution >= 4 is 35.2 Å². The van der Waals surface area contributed by atoms with Crippen molar-refractivity contribution in [3.8, 4) is 0 Å². The van der Waals surface area contributed by atoms with E-state index in [1.54, 1.807) is 48.0 Å². The minimum absolute atomic E-state index is 0.0391. The molecule has 0 spiro atoms. The van der Waals surface area contributed by atoms with Crippen molar-refractivity contribution in [1.29, 1.82) is 0 Å². The SMILES string of the molecule is CO[C@H]1C[C@@H]2CC[C@@H](C)[C@@](O)(O2)C(=O)C(=O)N2CCCC[C@H]2C(=O)O[C@H]([C@H](C)C[C@@H]2CC[C@@H](O)[C@H](OC)C2)CC(=O)[C@H](C)/C=C(\C)[C@@H](OC(C)=O)[C@@H](CO)C(=O)[C@H](C)C[C@H](C)/C=C/C=C/C=C/1C. The van der Waals surface area contributed by atoms with Gasteiger partial charge in [0, 0.05) is 58.3 Å². The third kappa shape index (κ3) is 15.1. The molecule has 0 radical (unpaired) electrons. The van der Waals surface area contributed by atoms with Crippen LogP contribution in [0.4, 0.5) is 0 Å². The van der Waals surface area contributed by atoms with Crippen LogP contribution >= 0.6 is 0 Å². The molecule has 0 aromatic heterocycles. The monoisotopic (exact) mass is 956 g/mol. The molecule has 0 aromatic rings. The molecular weight excluding hydrogens is 875 g/mol. The number of ether oxygens (including phenoxy) is 5. The van der Waals surface area contributed by atoms with Crippen molar-refractivity contribution in [1.82, 2.24) is 4.90 Å². The van der Waals surface area contributed by atoms with Gasteiger partial charge >= 0.3 is 11.9 Å². The number of hydrogen-bond donors (Lipinski definition) is 3. The summed E-state index contributed by atoms with van der Waals surface area (Å²) in [6.45, 7) is 13.2. The number of nitrogens with zero attached hydrogens (tertiary/aromatic N) is 1. The van der Waals surface area contributed by atoms with E-state index in [0.717, 1.165) is 5.57 Å². The minimum atomic E-state index is -2.45. The first-order valence-electron chi connectivity index (χ1n) is 24.9. The largest absolute Gasteiger partial charge is 0.460 e. The third-order valence-corrected chi connectivity index (χ3v) is 14.9. The van der Waals surface area contributed by atoms with Crippen molar-refractivity contribution in [3.63, 3.8) is 0 Å². The van der Waals surface area contributed by atoms with Crippen LogP contribution in [0, 0.1) is 41.4 Å². The van der Waals surface area contributed by atoms with Gasteiger partial charge in [-0.05, 0) is 107 Å². The van der Waals surface area contributed by atoms with Crippen LogP contribution in [0.1, 0.15) is 132 Å². The fraction of sp³-hybridized carbons (Fsp3) is 0.736. The molecule has 15 atom stereocenters. The summed E-state index contributed by atoms with van der Waals surface area (Å²) in [7, 11) is 3.12. The van der Waals surface area contributed by atoms with Crippen LogP contribution in [0.5, 0.6) is 0 Å². The van der Waals surface area contributed by atoms with Crippen molar-refractivity contribution in [2.24, 2.45) is 41.4 Å². The van der Waals surface area contributed by atoms with Crippen molar-refractivity contribution in [3.05, 3.63) is 47.6 Å². The molecular formula is C53H81NO14. The van der Waals surface area contributed by atoms with E-state index in [2.05, 4.69) is 0 Å². The quantitative estimate of drug-likeness (QED) is 0.144. The maximum atomic E-state index is 14.4. The van der Waals surface area contributed by atoms with Gasteiger partial charge in [-0.3, -0.25) is 24.0 Å². The van der Waals surface area contributed by atoms with Gasteiger partial charge in [0.25, 0.3) is 11.7 Å². The fourth-order valence-corrected chi connectivity index (χ4v) is 10.6. The number of aliphatic hydroxyl groups is 3. The van der Waals surface area contributed by atoms with Crippen LogP contribution in [-0.2, 0) is 52.5 Å². The van der Waals surface area contributed by atoms with Gasteiger partial charge < -0.3 is 43.9 Å². The lowest BCUT2D eigenvalue weighted by Gasteiger charge is -2.42. The summed E-state index contributed by atoms with van der Waals surface area (Å²) in [6, 6.07) is -1.17. The predicted octanol–water partition coefficient (Wildman–Crippen LogP) is 6.34. The van der Waals surface area contributed by atoms with Gasteiger partial charge in [0.2, 0.25) is 5.79 Å². The molecule has 4 rings (SSSR count). The second-order valence-electron chi connectivity index (χ2n) is 20.3. The zero-order valence-electron chi connectivity index (χ0n) is 42.2. The number of amides is 1. The number of cyclic esters (lactones) is 1. The molecule has 2 saturated heterocycles. The highest BCUT2D eigenvalue weighted by Gasteiger charge is 2.53. The van der Waals surface area contributed by atoms with Gasteiger partial charge in [-0.25, -0.2) is 4.79 Å². The Kier molecular flexibility index (Phi) is 22.0. The summed E-state index contributed by atoms with van der Waals surface area (Å²) in [6.07, 6.45) is 12.0. The summed E-state index contributed by atoms with van der Waals surface area (Å²) in [5.74, 6) is -10.1. The second-order valence-corrected chi connectivity index (χ2v) is 20.3. The van der Waals surface area contributed by atoms with Crippen molar-refractivity contribution < 1.29 is 67.8 Å². The fourth-order valence-electron chi connectivity index (χ4n) is 10.6. The van der Waals surface area contributed by atoms with Gasteiger partial charge in [-0.1, -0.05) is 71.1 Å². The smallest absolute Gasteiger partial charge is 0.329 e. The topological polar surface area (TPSA) is 212 Å². The second kappa shape index (κ2) is 26.4. The Morgan fingerprint density at radius 1 is 0.912 bits per heavy atom. The van der Waals surface area contributed by atoms with E-state index in [4.69, 9.17) is 23.7 Å². The summed E-state index contributed by atoms with van der Waals surface area (Å²) in [5, 5.41) is 33.1. The van der Waals surface area contributed by atoms with E-state index in [-0.39, 0.29) is 54.8 Å². The maximum absolute atomic E-state index is 14.4. The Bertz CT molecular complexity index is 1870. The Morgan fingerprint density at radius 3 is 2.29 bits per heavy atom. The predicted molar refractivity (Wildman–Crippen MR) is 254 cm³/mol. The molecule has 4 aliphatic rings. The molecule has 15 heteroatoms. The molecule has 2 bridgehead atoms. The van der Waals surface area contributed by atoms with E-state index in [1.807, 2.05) is 51.2 Å². The van der Waals surface area contributed by atoms with E-state index in [9.17, 15) is 44.1 Å². The minimum Gasteiger partial charge on any atom is -0.460 e. The van der Waals surface area contributed by atoms with Crippen molar-refractivity contribution in [2.75, 3.05) is 27.4 Å². The first-order valence-corrected chi connectivity index (χ1v) is 24.9. The Morgan fingerprint density at radius 2 is 1.63 bits per heavy atom. The van der Waals surface area contributed by atoms with Crippen molar-refractivity contribution in [2.45, 2.75) is 181 Å². The first kappa shape index (κ1) is 56.7. The van der Waals surface area contributed by atoms with Crippen LogP contribution in [-0.4, -0.2) is 131 Å². The molecule has 1 amide bonds. The number of esters is 2. The van der Waals surface area contributed by atoms with Gasteiger partial charge in [0.05, 0.1) is 36.9 Å². The molecule has 382 valence electrons. The number of methoxy groups -OCH3 is 2. The number of aliphatic hydroxyl groups excluding tert-OH is 2. The number of piperidine rings is 1. The van der Waals surface area contributed by atoms with E-state index < -0.39 is 96.3 Å². The molecule has 3 N–H and O–H groups in total. The van der Waals surface area contributed by atoms with Gasteiger partial charge in [0.15, 0.2) is 0 Å². The van der Waals surface area contributed by atoms with Gasteiger partial charge in [-0.15, -0.1) is 0 Å². The van der Waals surface area contributed by atoms with Crippen LogP contribution in [0.3, 0.4) is 0 Å². The maximum Gasteiger partial charge on any atom is 0.329 e. The summed E-state index contributed by atoms with van der Waals surface area (Å²) in [4.78, 5) is 84.9. The highest BCUT2D eigenvalue weighted by Crippen LogP contribution is 2.38. The van der Waals surface area contributed by atoms with Crippen LogP contribution < -0.4 is 0 Å². The van der Waals surface area contributed by atoms with Crippen LogP contribution in [0.2, 0.25) is 0 Å². The van der Waals surface area contributed by atoms with Crippen LogP contribution in [0.25, 0.3) is 0 Å². The highest BCUT2D eigenvalue weighted by atomic mass is 16.6. The number of allylic oxidation sites excluding steroid dienone is 6. The van der Waals surface area contributed by atoms with E-state index in [1.165, 1.54) is 11.8 Å². The number of Topliss-reactive ketones (excluding diaryl/α,β-unsaturated/α-hetero) is 3. The molecule has 3 heterocycles. The summed E-state index contributed by atoms with van der Waals surface area (Å²) < 4.78 is 29.5. The Hall–Kier alpha value is -3.86. The van der Waals surface area contributed by atoms with Gasteiger partial charge in [0.1, 0.15) is 29.8 Å². The molecule has 1 saturated carbocycles.